The molecule has 1 aliphatic heterocycles. The number of hydrogen-bond donors (Lipinski definition) is 2. The van der Waals surface area contributed by atoms with Crippen LogP contribution in [-0.2, 0) is 4.74 Å². The van der Waals surface area contributed by atoms with E-state index in [4.69, 9.17) is 15.6 Å². The molecule has 84 valence electrons. The molecule has 0 amide bonds. The van der Waals surface area contributed by atoms with Gasteiger partial charge in [0, 0.05) is 25.4 Å². The van der Waals surface area contributed by atoms with Gasteiger partial charge in [-0.1, -0.05) is 0 Å². The average Bonchev–Trinajstić information content (AvgIpc) is 2.30. The maximum atomic E-state index is 9.14. The van der Waals surface area contributed by atoms with E-state index in [9.17, 15) is 0 Å². The Hall–Kier alpha value is -0.120. The molecule has 0 saturated carbocycles. The first kappa shape index (κ1) is 12.0. The highest BCUT2D eigenvalue weighted by Crippen LogP contribution is 2.42. The number of rotatable bonds is 3. The summed E-state index contributed by atoms with van der Waals surface area (Å²) in [6, 6.07) is 0. The minimum atomic E-state index is -0.233. The summed E-state index contributed by atoms with van der Waals surface area (Å²) in [5, 5.41) is 9.14. The highest BCUT2D eigenvalue weighted by atomic mass is 16.5. The van der Waals surface area contributed by atoms with Gasteiger partial charge in [0.05, 0.1) is 0 Å². The van der Waals surface area contributed by atoms with E-state index >= 15 is 0 Å². The summed E-state index contributed by atoms with van der Waals surface area (Å²) in [7, 11) is 0. The lowest BCUT2D eigenvalue weighted by molar-refractivity contribution is 0.0677. The molecule has 0 aliphatic carbocycles. The minimum absolute atomic E-state index is 0.0538. The van der Waals surface area contributed by atoms with E-state index in [0.717, 1.165) is 38.9 Å². The molecule has 1 saturated heterocycles. The second-order valence-corrected chi connectivity index (χ2v) is 4.94. The molecule has 0 radical (unpaired) electrons. The van der Waals surface area contributed by atoms with Crippen molar-refractivity contribution in [2.75, 3.05) is 19.8 Å². The van der Waals surface area contributed by atoms with Crippen molar-refractivity contribution in [2.24, 2.45) is 11.1 Å². The molecule has 1 atom stereocenters. The molecule has 14 heavy (non-hydrogen) atoms. The summed E-state index contributed by atoms with van der Waals surface area (Å²) in [5.74, 6) is 0. The highest BCUT2D eigenvalue weighted by Gasteiger charge is 2.41. The van der Waals surface area contributed by atoms with Gasteiger partial charge in [-0.05, 0) is 44.9 Å². The van der Waals surface area contributed by atoms with E-state index in [0.29, 0.717) is 0 Å². The smallest absolute Gasteiger partial charge is 0.0472 e. The van der Waals surface area contributed by atoms with Crippen LogP contribution in [0.5, 0.6) is 0 Å². The molecule has 3 nitrogen and oxygen atoms in total. The molecule has 1 heterocycles. The van der Waals surface area contributed by atoms with Gasteiger partial charge in [-0.25, -0.2) is 0 Å². The second kappa shape index (κ2) is 4.60. The van der Waals surface area contributed by atoms with Gasteiger partial charge in [-0.3, -0.25) is 0 Å². The van der Waals surface area contributed by atoms with Crippen LogP contribution in [0.2, 0.25) is 0 Å². The zero-order valence-electron chi connectivity index (χ0n) is 9.38. The van der Waals surface area contributed by atoms with Gasteiger partial charge < -0.3 is 15.6 Å². The van der Waals surface area contributed by atoms with Gasteiger partial charge in [0.25, 0.3) is 0 Å². The fraction of sp³-hybridized carbons (Fsp3) is 1.00. The Bertz CT molecular complexity index is 167. The summed E-state index contributed by atoms with van der Waals surface area (Å²) in [4.78, 5) is 0. The van der Waals surface area contributed by atoms with Crippen molar-refractivity contribution >= 4 is 0 Å². The van der Waals surface area contributed by atoms with Gasteiger partial charge in [-0.15, -0.1) is 0 Å². The number of hydrogen-bond acceptors (Lipinski definition) is 3. The Morgan fingerprint density at radius 2 is 2.07 bits per heavy atom. The molecule has 3 N–H and O–H groups in total. The lowest BCUT2D eigenvalue weighted by Crippen LogP contribution is -2.51. The molecular weight excluding hydrogens is 178 g/mol. The maximum absolute atomic E-state index is 9.14. The molecule has 0 aromatic carbocycles. The molecule has 0 aromatic rings. The van der Waals surface area contributed by atoms with Crippen LogP contribution in [0.4, 0.5) is 0 Å². The zero-order chi connectivity index (χ0) is 10.7. The SMILES string of the molecule is CC(C)(N)C1(CCO)CCCOCC1. The van der Waals surface area contributed by atoms with Crippen LogP contribution in [0.3, 0.4) is 0 Å². The van der Waals surface area contributed by atoms with E-state index < -0.39 is 0 Å². The Balaban J connectivity index is 2.77. The molecule has 0 bridgehead atoms. The van der Waals surface area contributed by atoms with Gasteiger partial charge in [0.2, 0.25) is 0 Å². The zero-order valence-corrected chi connectivity index (χ0v) is 9.38. The van der Waals surface area contributed by atoms with Crippen molar-refractivity contribution < 1.29 is 9.84 Å². The van der Waals surface area contributed by atoms with Crippen molar-refractivity contribution in [3.8, 4) is 0 Å². The predicted molar refractivity (Wildman–Crippen MR) is 57.1 cm³/mol. The van der Waals surface area contributed by atoms with Crippen molar-refractivity contribution in [1.82, 2.24) is 0 Å². The summed E-state index contributed by atoms with van der Waals surface area (Å²) in [6.45, 7) is 5.96. The van der Waals surface area contributed by atoms with Gasteiger partial charge in [0.15, 0.2) is 0 Å². The first-order chi connectivity index (χ1) is 6.52. The Morgan fingerprint density at radius 3 is 2.64 bits per heavy atom. The molecule has 1 aliphatic rings. The fourth-order valence-electron chi connectivity index (χ4n) is 2.44. The van der Waals surface area contributed by atoms with Crippen LogP contribution in [0.1, 0.15) is 39.5 Å². The number of nitrogens with two attached hydrogens (primary N) is 1. The monoisotopic (exact) mass is 201 g/mol. The average molecular weight is 201 g/mol. The molecule has 1 rings (SSSR count). The number of aliphatic hydroxyl groups is 1. The first-order valence-electron chi connectivity index (χ1n) is 5.49. The highest BCUT2D eigenvalue weighted by molar-refractivity contribution is 4.97. The topological polar surface area (TPSA) is 55.5 Å². The van der Waals surface area contributed by atoms with E-state index in [-0.39, 0.29) is 17.6 Å². The van der Waals surface area contributed by atoms with E-state index in [2.05, 4.69) is 13.8 Å². The normalized spacial score (nSPS) is 30.0. The third kappa shape index (κ3) is 2.47. The van der Waals surface area contributed by atoms with Crippen molar-refractivity contribution in [2.45, 2.75) is 45.1 Å². The summed E-state index contributed by atoms with van der Waals surface area (Å²) >= 11 is 0. The van der Waals surface area contributed by atoms with Crippen molar-refractivity contribution in [1.29, 1.82) is 0 Å². The van der Waals surface area contributed by atoms with Crippen LogP contribution in [0.25, 0.3) is 0 Å². The summed E-state index contributed by atoms with van der Waals surface area (Å²) < 4.78 is 5.45. The number of aliphatic hydroxyl groups excluding tert-OH is 1. The third-order valence-electron chi connectivity index (χ3n) is 3.63. The molecule has 0 spiro atoms. The van der Waals surface area contributed by atoms with Crippen LogP contribution in [0, 0.1) is 5.41 Å². The Kier molecular flexibility index (Phi) is 3.93. The van der Waals surface area contributed by atoms with Crippen LogP contribution in [0.15, 0.2) is 0 Å². The van der Waals surface area contributed by atoms with Crippen LogP contribution in [-0.4, -0.2) is 30.5 Å². The lowest BCUT2D eigenvalue weighted by Gasteiger charge is -2.44. The van der Waals surface area contributed by atoms with Gasteiger partial charge in [-0.2, -0.15) is 0 Å². The van der Waals surface area contributed by atoms with Crippen LogP contribution >= 0.6 is 0 Å². The molecule has 3 heteroatoms. The number of ether oxygens (including phenoxy) is 1. The quantitative estimate of drug-likeness (QED) is 0.723. The van der Waals surface area contributed by atoms with Gasteiger partial charge in [0.1, 0.15) is 0 Å². The molecular formula is C11H23NO2. The largest absolute Gasteiger partial charge is 0.396 e. The standard InChI is InChI=1S/C11H23NO2/c1-10(2,12)11(5-7-13)4-3-8-14-9-6-11/h13H,3-9,12H2,1-2H3. The van der Waals surface area contributed by atoms with Crippen LogP contribution < -0.4 is 5.73 Å². The Morgan fingerprint density at radius 1 is 1.36 bits per heavy atom. The fourth-order valence-corrected chi connectivity index (χ4v) is 2.44. The van der Waals surface area contributed by atoms with Crippen molar-refractivity contribution in [3.05, 3.63) is 0 Å². The molecule has 1 fully saturated rings. The lowest BCUT2D eigenvalue weighted by atomic mass is 9.65. The van der Waals surface area contributed by atoms with Gasteiger partial charge >= 0.3 is 0 Å². The van der Waals surface area contributed by atoms with E-state index in [1.165, 1.54) is 0 Å². The van der Waals surface area contributed by atoms with E-state index in [1.54, 1.807) is 0 Å². The minimum Gasteiger partial charge on any atom is -0.396 e. The third-order valence-corrected chi connectivity index (χ3v) is 3.63. The van der Waals surface area contributed by atoms with Crippen molar-refractivity contribution in [3.63, 3.8) is 0 Å². The van der Waals surface area contributed by atoms with E-state index in [1.807, 2.05) is 0 Å². The first-order valence-corrected chi connectivity index (χ1v) is 5.49. The summed E-state index contributed by atoms with van der Waals surface area (Å²) in [5.41, 5.74) is 6.06. The predicted octanol–water partition coefficient (Wildman–Crippen LogP) is 1.29. The molecule has 0 aromatic heterocycles. The summed E-state index contributed by atoms with van der Waals surface area (Å²) in [6.07, 6.45) is 3.88. The second-order valence-electron chi connectivity index (χ2n) is 4.94. The molecule has 1 unspecified atom stereocenters. The Labute approximate surface area is 86.6 Å². The maximum Gasteiger partial charge on any atom is 0.0472 e.